The lowest BCUT2D eigenvalue weighted by Crippen LogP contribution is -2.33. The van der Waals surface area contributed by atoms with Crippen molar-refractivity contribution in [1.29, 1.82) is 0 Å². The molecule has 1 N–H and O–H groups in total. The first-order chi connectivity index (χ1) is 10.1. The summed E-state index contributed by atoms with van der Waals surface area (Å²) in [5.41, 5.74) is -0.00705. The predicted octanol–water partition coefficient (Wildman–Crippen LogP) is 2.00. The molecule has 21 heavy (non-hydrogen) atoms. The number of amides is 2. The van der Waals surface area contributed by atoms with Gasteiger partial charge in [0.25, 0.3) is 11.8 Å². The van der Waals surface area contributed by atoms with Crippen molar-refractivity contribution in [2.24, 2.45) is 0 Å². The van der Waals surface area contributed by atoms with Crippen molar-refractivity contribution < 1.29 is 23.5 Å². The summed E-state index contributed by atoms with van der Waals surface area (Å²) in [5, 5.41) is 3.78. The second-order valence-corrected chi connectivity index (χ2v) is 4.89. The monoisotopic (exact) mass is 307 g/mol. The third-order valence-electron chi connectivity index (χ3n) is 2.39. The molecule has 1 heterocycles. The van der Waals surface area contributed by atoms with Crippen molar-refractivity contribution in [3.63, 3.8) is 0 Å². The topological polar surface area (TPSA) is 72.5 Å². The average Bonchev–Trinajstić information content (AvgIpc) is 2.99. The van der Waals surface area contributed by atoms with Crippen LogP contribution in [-0.4, -0.2) is 24.4 Å². The highest BCUT2D eigenvalue weighted by atomic mass is 32.1. The first-order valence-electron chi connectivity index (χ1n) is 5.86. The molecule has 2 amide bonds. The molecule has 1 aromatic carbocycles. The maximum Gasteiger partial charge on any atom is 0.338 e. The minimum absolute atomic E-state index is 0.00705. The molecule has 0 radical (unpaired) electrons. The summed E-state index contributed by atoms with van der Waals surface area (Å²) >= 11 is 1.18. The van der Waals surface area contributed by atoms with Gasteiger partial charge in [0.2, 0.25) is 0 Å². The Morgan fingerprint density at radius 2 is 2.00 bits per heavy atom. The van der Waals surface area contributed by atoms with Crippen LogP contribution >= 0.6 is 11.3 Å². The number of thiophene rings is 1. The van der Waals surface area contributed by atoms with Crippen LogP contribution in [0.1, 0.15) is 20.0 Å². The van der Waals surface area contributed by atoms with E-state index in [-0.39, 0.29) is 5.56 Å². The second kappa shape index (κ2) is 6.76. The molecule has 0 atom stereocenters. The molecule has 0 unspecified atom stereocenters. The minimum atomic E-state index is -0.840. The van der Waals surface area contributed by atoms with Crippen molar-refractivity contribution >= 4 is 29.1 Å². The van der Waals surface area contributed by atoms with Crippen molar-refractivity contribution in [1.82, 2.24) is 5.32 Å². The lowest BCUT2D eigenvalue weighted by molar-refractivity contribution is -0.123. The molecule has 0 aliphatic rings. The van der Waals surface area contributed by atoms with Crippen LogP contribution in [-0.2, 0) is 9.53 Å². The summed E-state index contributed by atoms with van der Waals surface area (Å²) in [4.78, 5) is 35.0. The number of carbonyl (C=O) groups excluding carboxylic acids is 3. The fraction of sp³-hybridized carbons (Fsp3) is 0.0714. The van der Waals surface area contributed by atoms with E-state index in [1.165, 1.54) is 29.5 Å². The summed E-state index contributed by atoms with van der Waals surface area (Å²) in [5.74, 6) is -2.73. The van der Waals surface area contributed by atoms with Gasteiger partial charge in [-0.1, -0.05) is 12.1 Å². The Morgan fingerprint density at radius 3 is 2.67 bits per heavy atom. The third-order valence-corrected chi connectivity index (χ3v) is 3.26. The number of rotatable bonds is 4. The van der Waals surface area contributed by atoms with E-state index in [0.717, 1.165) is 6.07 Å². The van der Waals surface area contributed by atoms with Crippen LogP contribution in [0, 0.1) is 5.82 Å². The first kappa shape index (κ1) is 14.9. The van der Waals surface area contributed by atoms with Crippen LogP contribution in [0.15, 0.2) is 41.8 Å². The molecule has 0 saturated carbocycles. The van der Waals surface area contributed by atoms with Gasteiger partial charge in [-0.25, -0.2) is 9.18 Å². The van der Waals surface area contributed by atoms with Crippen LogP contribution in [0.25, 0.3) is 0 Å². The molecule has 2 rings (SSSR count). The van der Waals surface area contributed by atoms with Crippen LogP contribution in [0.4, 0.5) is 4.39 Å². The molecule has 108 valence electrons. The Labute approximate surface area is 123 Å². The largest absolute Gasteiger partial charge is 0.452 e. The number of ether oxygens (including phenoxy) is 1. The van der Waals surface area contributed by atoms with E-state index in [9.17, 15) is 18.8 Å². The van der Waals surface area contributed by atoms with Gasteiger partial charge in [0, 0.05) is 0 Å². The maximum atomic E-state index is 12.9. The zero-order valence-electron chi connectivity index (χ0n) is 10.7. The number of halogens is 1. The van der Waals surface area contributed by atoms with E-state index >= 15 is 0 Å². The van der Waals surface area contributed by atoms with Gasteiger partial charge >= 0.3 is 5.97 Å². The molecule has 7 heteroatoms. The standard InChI is InChI=1S/C14H10FNO4S/c15-10-4-1-3-9(7-10)14(19)20-8-12(17)16-13(18)11-5-2-6-21-11/h1-7H,8H2,(H,16,17,18). The normalized spacial score (nSPS) is 9.95. The minimum Gasteiger partial charge on any atom is -0.452 e. The maximum absolute atomic E-state index is 12.9. The second-order valence-electron chi connectivity index (χ2n) is 3.94. The molecule has 1 aromatic heterocycles. The smallest absolute Gasteiger partial charge is 0.338 e. The van der Waals surface area contributed by atoms with Crippen LogP contribution in [0.5, 0.6) is 0 Å². The fourth-order valence-corrected chi connectivity index (χ4v) is 2.08. The molecule has 0 aliphatic heterocycles. The molecule has 0 saturated heterocycles. The number of carbonyl (C=O) groups is 3. The van der Waals surface area contributed by atoms with Crippen molar-refractivity contribution in [2.45, 2.75) is 0 Å². The van der Waals surface area contributed by atoms with Gasteiger partial charge in [-0.3, -0.25) is 14.9 Å². The summed E-state index contributed by atoms with van der Waals surface area (Å²) in [6, 6.07) is 8.13. The Morgan fingerprint density at radius 1 is 1.19 bits per heavy atom. The lowest BCUT2D eigenvalue weighted by atomic mass is 10.2. The van der Waals surface area contributed by atoms with Crippen LogP contribution < -0.4 is 5.32 Å². The van der Waals surface area contributed by atoms with Gasteiger partial charge in [0.1, 0.15) is 5.82 Å². The molecule has 0 aliphatic carbocycles. The number of hydrogen-bond donors (Lipinski definition) is 1. The SMILES string of the molecule is O=C(COC(=O)c1cccc(F)c1)NC(=O)c1cccs1. The quantitative estimate of drug-likeness (QED) is 0.877. The number of hydrogen-bond acceptors (Lipinski definition) is 5. The predicted molar refractivity (Wildman–Crippen MR) is 73.5 cm³/mol. The third kappa shape index (κ3) is 4.22. The van der Waals surface area contributed by atoms with Crippen molar-refractivity contribution in [3.05, 3.63) is 58.0 Å². The van der Waals surface area contributed by atoms with Gasteiger partial charge in [-0.2, -0.15) is 0 Å². The Kier molecular flexibility index (Phi) is 4.78. The van der Waals surface area contributed by atoms with Crippen LogP contribution in [0.3, 0.4) is 0 Å². The molecule has 2 aromatic rings. The number of esters is 1. The fourth-order valence-electron chi connectivity index (χ4n) is 1.46. The number of benzene rings is 1. The van der Waals surface area contributed by atoms with Gasteiger partial charge in [0.15, 0.2) is 6.61 Å². The van der Waals surface area contributed by atoms with Gasteiger partial charge in [-0.15, -0.1) is 11.3 Å². The zero-order valence-corrected chi connectivity index (χ0v) is 11.5. The molecule has 5 nitrogen and oxygen atoms in total. The average molecular weight is 307 g/mol. The lowest BCUT2D eigenvalue weighted by Gasteiger charge is -2.05. The van der Waals surface area contributed by atoms with E-state index in [1.54, 1.807) is 17.5 Å². The molecular weight excluding hydrogens is 297 g/mol. The Balaban J connectivity index is 1.84. The van der Waals surface area contributed by atoms with Gasteiger partial charge in [-0.05, 0) is 29.6 Å². The summed E-state index contributed by atoms with van der Waals surface area (Å²) < 4.78 is 17.6. The van der Waals surface area contributed by atoms with Crippen molar-refractivity contribution in [3.8, 4) is 0 Å². The van der Waals surface area contributed by atoms with E-state index in [1.807, 2.05) is 0 Å². The van der Waals surface area contributed by atoms with Crippen molar-refractivity contribution in [2.75, 3.05) is 6.61 Å². The van der Waals surface area contributed by atoms with E-state index in [0.29, 0.717) is 4.88 Å². The molecule has 0 bridgehead atoms. The molecule has 0 spiro atoms. The molecule has 0 fully saturated rings. The highest BCUT2D eigenvalue weighted by Crippen LogP contribution is 2.08. The van der Waals surface area contributed by atoms with Gasteiger partial charge < -0.3 is 4.74 Å². The Hall–Kier alpha value is -2.54. The zero-order chi connectivity index (χ0) is 15.2. The van der Waals surface area contributed by atoms with E-state index < -0.39 is 30.2 Å². The number of imide groups is 1. The Bertz CT molecular complexity index is 669. The first-order valence-corrected chi connectivity index (χ1v) is 6.74. The van der Waals surface area contributed by atoms with E-state index in [4.69, 9.17) is 4.74 Å². The summed E-state index contributed by atoms with van der Waals surface area (Å²) in [7, 11) is 0. The highest BCUT2D eigenvalue weighted by molar-refractivity contribution is 7.12. The summed E-state index contributed by atoms with van der Waals surface area (Å²) in [6.45, 7) is -0.619. The highest BCUT2D eigenvalue weighted by Gasteiger charge is 2.14. The van der Waals surface area contributed by atoms with Gasteiger partial charge in [0.05, 0.1) is 10.4 Å². The molecular formula is C14H10FNO4S. The summed E-state index contributed by atoms with van der Waals surface area (Å²) in [6.07, 6.45) is 0. The van der Waals surface area contributed by atoms with E-state index in [2.05, 4.69) is 5.32 Å². The van der Waals surface area contributed by atoms with Crippen LogP contribution in [0.2, 0.25) is 0 Å². The number of nitrogens with one attached hydrogen (secondary N) is 1.